The molecule has 0 fully saturated rings. The van der Waals surface area contributed by atoms with Gasteiger partial charge in [0, 0.05) is 0 Å². The minimum absolute atomic E-state index is 0.130. The Morgan fingerprint density at radius 3 is 2.38 bits per heavy atom. The van der Waals surface area contributed by atoms with Gasteiger partial charge in [-0.25, -0.2) is 4.39 Å². The summed E-state index contributed by atoms with van der Waals surface area (Å²) in [5.41, 5.74) is 1.64. The first kappa shape index (κ1) is 9.65. The Morgan fingerprint density at radius 1 is 1.38 bits per heavy atom. The largest absolute Gasteiger partial charge is 0.294 e. The quantitative estimate of drug-likeness (QED) is 0.636. The third kappa shape index (κ3) is 2.02. The summed E-state index contributed by atoms with van der Waals surface area (Å²) in [4.78, 5) is 10.9. The zero-order valence-electron chi connectivity index (χ0n) is 7.73. The van der Waals surface area contributed by atoms with E-state index in [4.69, 9.17) is 0 Å². The van der Waals surface area contributed by atoms with Crippen LogP contribution >= 0.6 is 0 Å². The standard InChI is InChI=1S/C11H11FO/c1-7(2)9-4-5-10(8(3)13)11(12)6-9/h4-6H,1H2,2-3H3. The molecule has 1 rings (SSSR count). The molecule has 0 radical (unpaired) electrons. The second-order valence-electron chi connectivity index (χ2n) is 3.03. The van der Waals surface area contributed by atoms with Crippen molar-refractivity contribution in [3.8, 4) is 0 Å². The number of carbonyl (C=O) groups excluding carboxylic acids is 1. The van der Waals surface area contributed by atoms with E-state index in [1.54, 1.807) is 13.0 Å². The maximum atomic E-state index is 13.2. The van der Waals surface area contributed by atoms with Crippen LogP contribution in [0.3, 0.4) is 0 Å². The lowest BCUT2D eigenvalue weighted by molar-refractivity contribution is 0.101. The smallest absolute Gasteiger partial charge is 0.162 e. The first-order valence-electron chi connectivity index (χ1n) is 3.98. The van der Waals surface area contributed by atoms with Crippen LogP contribution in [0.15, 0.2) is 24.8 Å². The molecule has 1 nitrogen and oxygen atoms in total. The van der Waals surface area contributed by atoms with Gasteiger partial charge in [0.2, 0.25) is 0 Å². The van der Waals surface area contributed by atoms with Gasteiger partial charge in [-0.15, -0.1) is 0 Å². The van der Waals surface area contributed by atoms with Gasteiger partial charge in [-0.3, -0.25) is 4.79 Å². The van der Waals surface area contributed by atoms with Gasteiger partial charge in [-0.1, -0.05) is 18.2 Å². The van der Waals surface area contributed by atoms with Crippen LogP contribution in [0.2, 0.25) is 0 Å². The molecule has 0 amide bonds. The molecule has 0 atom stereocenters. The molecule has 2 heteroatoms. The highest BCUT2D eigenvalue weighted by Gasteiger charge is 2.07. The van der Waals surface area contributed by atoms with E-state index in [1.807, 2.05) is 0 Å². The SMILES string of the molecule is C=C(C)c1ccc(C(C)=O)c(F)c1. The topological polar surface area (TPSA) is 17.1 Å². The van der Waals surface area contributed by atoms with E-state index in [0.717, 1.165) is 11.1 Å². The van der Waals surface area contributed by atoms with Gasteiger partial charge in [0.15, 0.2) is 5.78 Å². The first-order valence-corrected chi connectivity index (χ1v) is 3.98. The maximum absolute atomic E-state index is 13.2. The molecule has 13 heavy (non-hydrogen) atoms. The summed E-state index contributed by atoms with van der Waals surface area (Å²) >= 11 is 0. The van der Waals surface area contributed by atoms with Crippen LogP contribution in [0.1, 0.15) is 29.8 Å². The fraction of sp³-hybridized carbons (Fsp3) is 0.182. The average molecular weight is 178 g/mol. The van der Waals surface area contributed by atoms with Crippen molar-refractivity contribution in [1.29, 1.82) is 0 Å². The minimum atomic E-state index is -0.479. The number of hydrogen-bond acceptors (Lipinski definition) is 1. The summed E-state index contributed by atoms with van der Waals surface area (Å²) in [6, 6.07) is 4.52. The molecule has 0 saturated heterocycles. The number of Topliss-reactive ketones (excluding diaryl/α,β-unsaturated/α-hetero) is 1. The van der Waals surface area contributed by atoms with Gasteiger partial charge in [0.05, 0.1) is 5.56 Å². The van der Waals surface area contributed by atoms with E-state index in [9.17, 15) is 9.18 Å². The molecule has 1 aromatic carbocycles. The minimum Gasteiger partial charge on any atom is -0.294 e. The van der Waals surface area contributed by atoms with E-state index >= 15 is 0 Å². The molecule has 0 aliphatic rings. The van der Waals surface area contributed by atoms with Gasteiger partial charge in [0.25, 0.3) is 0 Å². The number of ketones is 1. The summed E-state index contributed by atoms with van der Waals surface area (Å²) in [6.07, 6.45) is 0. The molecule has 0 aliphatic heterocycles. The molecule has 0 bridgehead atoms. The van der Waals surface area contributed by atoms with Crippen molar-refractivity contribution in [3.63, 3.8) is 0 Å². The highest BCUT2D eigenvalue weighted by molar-refractivity contribution is 5.94. The van der Waals surface area contributed by atoms with Gasteiger partial charge in [-0.2, -0.15) is 0 Å². The summed E-state index contributed by atoms with van der Waals surface area (Å²) in [6.45, 7) is 6.83. The normalized spacial score (nSPS) is 9.77. The zero-order chi connectivity index (χ0) is 10.0. The van der Waals surface area contributed by atoms with Crippen LogP contribution in [-0.4, -0.2) is 5.78 Å². The molecule has 1 aromatic rings. The fourth-order valence-electron chi connectivity index (χ4n) is 1.07. The lowest BCUT2D eigenvalue weighted by Gasteiger charge is -2.02. The summed E-state index contributed by atoms with van der Waals surface area (Å²) in [7, 11) is 0. The Morgan fingerprint density at radius 2 is 2.00 bits per heavy atom. The third-order valence-corrected chi connectivity index (χ3v) is 1.84. The van der Waals surface area contributed by atoms with Crippen molar-refractivity contribution in [2.75, 3.05) is 0 Å². The number of carbonyl (C=O) groups is 1. The molecular weight excluding hydrogens is 167 g/mol. The highest BCUT2D eigenvalue weighted by atomic mass is 19.1. The van der Waals surface area contributed by atoms with E-state index < -0.39 is 5.82 Å². The Kier molecular flexibility index (Phi) is 2.61. The molecule has 0 N–H and O–H groups in total. The van der Waals surface area contributed by atoms with Gasteiger partial charge in [-0.05, 0) is 31.5 Å². The zero-order valence-corrected chi connectivity index (χ0v) is 7.73. The molecule has 0 spiro atoms. The van der Waals surface area contributed by atoms with E-state index in [1.165, 1.54) is 19.1 Å². The van der Waals surface area contributed by atoms with Gasteiger partial charge < -0.3 is 0 Å². The monoisotopic (exact) mass is 178 g/mol. The molecule has 0 aromatic heterocycles. The Balaban J connectivity index is 3.20. The van der Waals surface area contributed by atoms with Crippen molar-refractivity contribution in [3.05, 3.63) is 41.7 Å². The van der Waals surface area contributed by atoms with E-state index in [2.05, 4.69) is 6.58 Å². The number of halogens is 1. The van der Waals surface area contributed by atoms with Crippen molar-refractivity contribution in [1.82, 2.24) is 0 Å². The molecule has 68 valence electrons. The van der Waals surface area contributed by atoms with Gasteiger partial charge >= 0.3 is 0 Å². The van der Waals surface area contributed by atoms with Crippen LogP contribution in [0.5, 0.6) is 0 Å². The summed E-state index contributed by atoms with van der Waals surface area (Å²) < 4.78 is 13.2. The van der Waals surface area contributed by atoms with Crippen LogP contribution in [0.4, 0.5) is 4.39 Å². The third-order valence-electron chi connectivity index (χ3n) is 1.84. The molecular formula is C11H11FO. The molecule has 0 unspecified atom stereocenters. The maximum Gasteiger partial charge on any atom is 0.162 e. The van der Waals surface area contributed by atoms with Crippen molar-refractivity contribution in [2.24, 2.45) is 0 Å². The second-order valence-corrected chi connectivity index (χ2v) is 3.03. The second kappa shape index (κ2) is 3.52. The summed E-state index contributed by atoms with van der Waals surface area (Å²) in [5.74, 6) is -0.737. The number of rotatable bonds is 2. The van der Waals surface area contributed by atoms with Crippen LogP contribution < -0.4 is 0 Å². The van der Waals surface area contributed by atoms with Crippen LogP contribution in [0.25, 0.3) is 5.57 Å². The lowest BCUT2D eigenvalue weighted by atomic mass is 10.0. The molecule has 0 aliphatic carbocycles. The van der Waals surface area contributed by atoms with Gasteiger partial charge in [0.1, 0.15) is 5.82 Å². The van der Waals surface area contributed by atoms with E-state index in [-0.39, 0.29) is 11.3 Å². The first-order chi connectivity index (χ1) is 6.02. The van der Waals surface area contributed by atoms with Crippen LogP contribution in [0, 0.1) is 5.82 Å². The van der Waals surface area contributed by atoms with Crippen molar-refractivity contribution < 1.29 is 9.18 Å². The Labute approximate surface area is 76.9 Å². The van der Waals surface area contributed by atoms with Crippen molar-refractivity contribution >= 4 is 11.4 Å². The van der Waals surface area contributed by atoms with Crippen LogP contribution in [-0.2, 0) is 0 Å². The summed E-state index contributed by atoms with van der Waals surface area (Å²) in [5, 5.41) is 0. The fourth-order valence-corrected chi connectivity index (χ4v) is 1.07. The lowest BCUT2D eigenvalue weighted by Crippen LogP contribution is -1.97. The number of allylic oxidation sites excluding steroid dienone is 1. The Bertz CT molecular complexity index is 366. The number of hydrogen-bond donors (Lipinski definition) is 0. The average Bonchev–Trinajstić information content (AvgIpc) is 2.03. The van der Waals surface area contributed by atoms with Crippen molar-refractivity contribution in [2.45, 2.75) is 13.8 Å². The predicted molar refractivity (Wildman–Crippen MR) is 51.1 cm³/mol. The predicted octanol–water partition coefficient (Wildman–Crippen LogP) is 3.06. The van der Waals surface area contributed by atoms with E-state index in [0.29, 0.717) is 0 Å². The molecule has 0 heterocycles. The number of benzene rings is 1. The highest BCUT2D eigenvalue weighted by Crippen LogP contribution is 2.16. The Hall–Kier alpha value is -1.44. The molecule has 0 saturated carbocycles.